The molecule has 0 atom stereocenters. The zero-order chi connectivity index (χ0) is 24.9. The van der Waals surface area contributed by atoms with Gasteiger partial charge in [0.05, 0.1) is 11.2 Å². The first-order valence-electron chi connectivity index (χ1n) is 11.5. The number of hydrogen-bond donors (Lipinski definition) is 2. The van der Waals surface area contributed by atoms with Crippen molar-refractivity contribution in [2.45, 2.75) is 37.6 Å². The number of carboxylic acid groups (broad SMARTS) is 1. The largest absolute Gasteiger partial charge is 0.477 e. The third kappa shape index (κ3) is 5.55. The van der Waals surface area contributed by atoms with E-state index in [1.165, 1.54) is 4.90 Å². The first-order valence-corrected chi connectivity index (χ1v) is 13.1. The maximum Gasteiger partial charge on any atom is 0.354 e. The molecular formula is C28H27ClN2O3S. The van der Waals surface area contributed by atoms with Gasteiger partial charge in [-0.3, -0.25) is 4.79 Å². The number of carbonyl (C=O) groups is 2. The van der Waals surface area contributed by atoms with Gasteiger partial charge in [-0.25, -0.2) is 4.79 Å². The summed E-state index contributed by atoms with van der Waals surface area (Å²) in [4.78, 5) is 26.4. The molecule has 4 rings (SSSR count). The van der Waals surface area contributed by atoms with Crippen LogP contribution >= 0.6 is 23.4 Å². The second-order valence-electron chi connectivity index (χ2n) is 8.36. The molecule has 180 valence electrons. The van der Waals surface area contributed by atoms with Crippen molar-refractivity contribution in [2.75, 3.05) is 11.6 Å². The first-order chi connectivity index (χ1) is 16.9. The molecule has 0 aliphatic rings. The Morgan fingerprint density at radius 2 is 1.77 bits per heavy atom. The lowest BCUT2D eigenvalue weighted by Crippen LogP contribution is -2.16. The van der Waals surface area contributed by atoms with Gasteiger partial charge in [0.2, 0.25) is 5.91 Å². The quantitative estimate of drug-likeness (QED) is 0.230. The molecule has 7 heteroatoms. The van der Waals surface area contributed by atoms with E-state index in [-0.39, 0.29) is 11.6 Å². The summed E-state index contributed by atoms with van der Waals surface area (Å²) < 4.78 is 1.74. The Hall–Kier alpha value is -3.22. The highest BCUT2D eigenvalue weighted by atomic mass is 35.5. The molecule has 0 aliphatic carbocycles. The monoisotopic (exact) mass is 506 g/mol. The number of benzene rings is 3. The highest BCUT2D eigenvalue weighted by molar-refractivity contribution is 7.98. The molecule has 0 saturated heterocycles. The second kappa shape index (κ2) is 11.0. The van der Waals surface area contributed by atoms with Crippen LogP contribution in [0.2, 0.25) is 5.02 Å². The molecular weight excluding hydrogens is 480 g/mol. The average Bonchev–Trinajstić information content (AvgIpc) is 3.15. The molecule has 1 heterocycles. The van der Waals surface area contributed by atoms with Gasteiger partial charge in [-0.15, -0.1) is 11.8 Å². The summed E-state index contributed by atoms with van der Waals surface area (Å²) in [5, 5.41) is 14.4. The molecule has 0 unspecified atom stereocenters. The van der Waals surface area contributed by atoms with Crippen LogP contribution in [0.1, 0.15) is 42.2 Å². The molecule has 2 N–H and O–H groups in total. The number of aromatic carboxylic acids is 1. The van der Waals surface area contributed by atoms with E-state index in [0.717, 1.165) is 35.0 Å². The molecule has 0 fully saturated rings. The van der Waals surface area contributed by atoms with Crippen molar-refractivity contribution in [1.29, 1.82) is 0 Å². The number of carbonyl (C=O) groups excluding carboxylic acids is 1. The average molecular weight is 507 g/mol. The lowest BCUT2D eigenvalue weighted by atomic mass is 10.0. The van der Waals surface area contributed by atoms with Gasteiger partial charge in [0.1, 0.15) is 0 Å². The van der Waals surface area contributed by atoms with Crippen molar-refractivity contribution in [3.8, 4) is 11.1 Å². The molecule has 4 aromatic rings. The summed E-state index contributed by atoms with van der Waals surface area (Å²) in [6, 6.07) is 21.4. The number of hydrogen-bond acceptors (Lipinski definition) is 3. The van der Waals surface area contributed by atoms with Crippen molar-refractivity contribution >= 4 is 51.8 Å². The van der Waals surface area contributed by atoms with Gasteiger partial charge < -0.3 is 15.0 Å². The van der Waals surface area contributed by atoms with Crippen LogP contribution in [0.3, 0.4) is 0 Å². The fourth-order valence-electron chi connectivity index (χ4n) is 4.19. The van der Waals surface area contributed by atoms with E-state index in [1.807, 2.05) is 61.7 Å². The highest BCUT2D eigenvalue weighted by Gasteiger charge is 2.24. The van der Waals surface area contributed by atoms with Crippen LogP contribution in [0, 0.1) is 0 Å². The molecule has 0 radical (unpaired) electrons. The lowest BCUT2D eigenvalue weighted by Gasteiger charge is -2.10. The zero-order valence-corrected chi connectivity index (χ0v) is 21.2. The summed E-state index contributed by atoms with van der Waals surface area (Å²) in [6.45, 7) is 2.33. The van der Waals surface area contributed by atoms with Crippen molar-refractivity contribution in [2.24, 2.45) is 0 Å². The minimum Gasteiger partial charge on any atom is -0.477 e. The number of anilines is 1. The molecule has 0 spiro atoms. The zero-order valence-electron chi connectivity index (χ0n) is 19.7. The summed E-state index contributed by atoms with van der Waals surface area (Å²) in [5.41, 5.74) is 3.96. The number of fused-ring (bicyclic) bond motifs is 1. The Morgan fingerprint density at radius 3 is 2.43 bits per heavy atom. The fraction of sp³-hybridized carbons (Fsp3) is 0.214. The van der Waals surface area contributed by atoms with E-state index in [2.05, 4.69) is 17.4 Å². The Labute approximate surface area is 214 Å². The van der Waals surface area contributed by atoms with Crippen molar-refractivity contribution in [3.63, 3.8) is 0 Å². The van der Waals surface area contributed by atoms with E-state index >= 15 is 0 Å². The van der Waals surface area contributed by atoms with Gasteiger partial charge in [0.15, 0.2) is 5.69 Å². The normalized spacial score (nSPS) is 11.1. The second-order valence-corrected chi connectivity index (χ2v) is 9.67. The van der Waals surface area contributed by atoms with E-state index < -0.39 is 5.97 Å². The minimum atomic E-state index is -1.10. The summed E-state index contributed by atoms with van der Waals surface area (Å²) in [5.74, 6) is -1.29. The number of thioether (sulfide) groups is 1. The third-order valence-electron chi connectivity index (χ3n) is 5.94. The summed E-state index contributed by atoms with van der Waals surface area (Å²) in [7, 11) is 0. The standard InChI is InChI=1S/C28H27ClN2O3S/c1-3-4-8-25(32)30-26-23-16-20(19-9-12-22(35-2)13-10-19)11-14-24(23)31(27(26)28(33)34)17-18-6-5-7-21(29)15-18/h5-7,9-16H,3-4,8,17H2,1-2H3,(H,30,32)(H,33,34). The lowest BCUT2D eigenvalue weighted by molar-refractivity contribution is -0.116. The number of halogens is 1. The first kappa shape index (κ1) is 24.9. The van der Waals surface area contributed by atoms with Gasteiger partial charge in [-0.2, -0.15) is 0 Å². The summed E-state index contributed by atoms with van der Waals surface area (Å²) >= 11 is 7.86. The van der Waals surface area contributed by atoms with Gasteiger partial charge in [-0.05, 0) is 65.8 Å². The third-order valence-corrected chi connectivity index (χ3v) is 6.92. The predicted octanol–water partition coefficient (Wildman–Crippen LogP) is 7.56. The van der Waals surface area contributed by atoms with Crippen LogP contribution in [0.25, 0.3) is 22.0 Å². The maximum atomic E-state index is 12.7. The number of aromatic nitrogens is 1. The highest BCUT2D eigenvalue weighted by Crippen LogP contribution is 2.36. The smallest absolute Gasteiger partial charge is 0.354 e. The number of carboxylic acids is 1. The number of rotatable bonds is 9. The summed E-state index contributed by atoms with van der Waals surface area (Å²) in [6.07, 6.45) is 3.99. The number of unbranched alkanes of at least 4 members (excludes halogenated alkanes) is 1. The van der Waals surface area contributed by atoms with E-state index in [0.29, 0.717) is 29.1 Å². The fourth-order valence-corrected chi connectivity index (χ4v) is 4.81. The van der Waals surface area contributed by atoms with Crippen LogP contribution in [-0.4, -0.2) is 27.8 Å². The molecule has 1 aromatic heterocycles. The topological polar surface area (TPSA) is 71.3 Å². The van der Waals surface area contributed by atoms with E-state index in [9.17, 15) is 14.7 Å². The van der Waals surface area contributed by atoms with E-state index in [4.69, 9.17) is 11.6 Å². The van der Waals surface area contributed by atoms with Crippen LogP contribution in [0.15, 0.2) is 71.6 Å². The van der Waals surface area contributed by atoms with Crippen molar-refractivity contribution in [1.82, 2.24) is 4.57 Å². The molecule has 0 bridgehead atoms. The SMILES string of the molecule is CCCCC(=O)Nc1c(C(=O)O)n(Cc2cccc(Cl)c2)c2ccc(-c3ccc(SC)cc3)cc12. The minimum absolute atomic E-state index is 0.0553. The van der Waals surface area contributed by atoms with Gasteiger partial charge in [0.25, 0.3) is 0 Å². The molecule has 5 nitrogen and oxygen atoms in total. The Morgan fingerprint density at radius 1 is 1.03 bits per heavy atom. The molecule has 1 amide bonds. The van der Waals surface area contributed by atoms with Crippen LogP contribution in [0.4, 0.5) is 5.69 Å². The Kier molecular flexibility index (Phi) is 7.83. The predicted molar refractivity (Wildman–Crippen MR) is 145 cm³/mol. The number of amides is 1. The molecule has 35 heavy (non-hydrogen) atoms. The maximum absolute atomic E-state index is 12.7. The molecule has 0 saturated carbocycles. The van der Waals surface area contributed by atoms with Gasteiger partial charge in [-0.1, -0.05) is 55.3 Å². The Balaban J connectivity index is 1.88. The van der Waals surface area contributed by atoms with Gasteiger partial charge >= 0.3 is 5.97 Å². The van der Waals surface area contributed by atoms with Crippen LogP contribution in [-0.2, 0) is 11.3 Å². The van der Waals surface area contributed by atoms with E-state index in [1.54, 1.807) is 22.4 Å². The van der Waals surface area contributed by atoms with Crippen LogP contribution in [0.5, 0.6) is 0 Å². The van der Waals surface area contributed by atoms with Crippen LogP contribution < -0.4 is 5.32 Å². The number of nitrogens with zero attached hydrogens (tertiary/aromatic N) is 1. The number of nitrogens with one attached hydrogen (secondary N) is 1. The van der Waals surface area contributed by atoms with Crippen molar-refractivity contribution in [3.05, 3.63) is 83.0 Å². The van der Waals surface area contributed by atoms with Gasteiger partial charge in [0, 0.05) is 28.3 Å². The molecule has 3 aromatic carbocycles. The Bertz CT molecular complexity index is 1380. The van der Waals surface area contributed by atoms with Crippen molar-refractivity contribution < 1.29 is 14.7 Å². The molecule has 0 aliphatic heterocycles.